The third-order valence-corrected chi connectivity index (χ3v) is 5.05. The Hall–Kier alpha value is -2.56. The van der Waals surface area contributed by atoms with Gasteiger partial charge in [0.15, 0.2) is 0 Å². The molecule has 132 valence electrons. The molecule has 0 atom stereocenters. The van der Waals surface area contributed by atoms with E-state index < -0.39 is 0 Å². The second-order valence-electron chi connectivity index (χ2n) is 7.02. The minimum absolute atomic E-state index is 0.0320. The summed E-state index contributed by atoms with van der Waals surface area (Å²) in [5.74, 6) is 0.0320. The monoisotopic (exact) mass is 338 g/mol. The zero-order valence-corrected chi connectivity index (χ0v) is 15.9. The van der Waals surface area contributed by atoms with Gasteiger partial charge in [-0.1, -0.05) is 11.6 Å². The van der Waals surface area contributed by atoms with Crippen LogP contribution in [-0.4, -0.2) is 39.6 Å². The van der Waals surface area contributed by atoms with Gasteiger partial charge in [0.25, 0.3) is 5.91 Å². The molecule has 0 aliphatic rings. The Kier molecular flexibility index (Phi) is 4.41. The molecule has 2 heterocycles. The molecule has 3 aromatic rings. The number of aromatic amines is 2. The SMILES string of the molecule is Cc1cc(C)c2[nH]c(C(=O)N(C)CCc3c(C)n[nH]c3C)c(C)c2c1. The van der Waals surface area contributed by atoms with E-state index >= 15 is 0 Å². The Labute approximate surface area is 148 Å². The largest absolute Gasteiger partial charge is 0.350 e. The first-order chi connectivity index (χ1) is 11.8. The second-order valence-corrected chi connectivity index (χ2v) is 7.02. The van der Waals surface area contributed by atoms with Crippen LogP contribution in [0.2, 0.25) is 0 Å². The topological polar surface area (TPSA) is 64.8 Å². The average molecular weight is 338 g/mol. The molecule has 1 aromatic carbocycles. The maximum atomic E-state index is 12.9. The lowest BCUT2D eigenvalue weighted by Gasteiger charge is -2.17. The van der Waals surface area contributed by atoms with Crippen LogP contribution < -0.4 is 0 Å². The van der Waals surface area contributed by atoms with Crippen molar-refractivity contribution in [2.45, 2.75) is 41.0 Å². The van der Waals surface area contributed by atoms with Crippen LogP contribution >= 0.6 is 0 Å². The second kappa shape index (κ2) is 6.39. The number of carbonyl (C=O) groups is 1. The van der Waals surface area contributed by atoms with Crippen molar-refractivity contribution in [3.63, 3.8) is 0 Å². The highest BCUT2D eigenvalue weighted by Crippen LogP contribution is 2.26. The summed E-state index contributed by atoms with van der Waals surface area (Å²) in [5, 5.41) is 8.36. The first-order valence-corrected chi connectivity index (χ1v) is 8.65. The lowest BCUT2D eigenvalue weighted by atomic mass is 10.1. The van der Waals surface area contributed by atoms with Gasteiger partial charge < -0.3 is 9.88 Å². The third kappa shape index (κ3) is 3.06. The molecular formula is C20H26N4O. The summed E-state index contributed by atoms with van der Waals surface area (Å²) >= 11 is 0. The molecule has 1 amide bonds. The lowest BCUT2D eigenvalue weighted by Crippen LogP contribution is -2.29. The van der Waals surface area contributed by atoms with Gasteiger partial charge in [0.2, 0.25) is 0 Å². The number of aromatic nitrogens is 3. The molecule has 2 N–H and O–H groups in total. The number of aryl methyl sites for hydroxylation is 5. The molecule has 2 aromatic heterocycles. The van der Waals surface area contributed by atoms with E-state index in [0.29, 0.717) is 12.2 Å². The summed E-state index contributed by atoms with van der Waals surface area (Å²) in [5.41, 5.74) is 8.43. The molecule has 25 heavy (non-hydrogen) atoms. The summed E-state index contributed by atoms with van der Waals surface area (Å²) in [6.07, 6.45) is 0.799. The zero-order chi connectivity index (χ0) is 18.3. The number of likely N-dealkylation sites (N-methyl/N-ethyl adjacent to an activating group) is 1. The standard InChI is InChI=1S/C20H26N4O/c1-11-9-12(2)18-17(10-11)13(3)19(21-18)20(25)24(6)8-7-16-14(4)22-23-15(16)5/h9-10,21H,7-8H2,1-6H3,(H,22,23). The highest BCUT2D eigenvalue weighted by Gasteiger charge is 2.20. The van der Waals surface area contributed by atoms with E-state index in [9.17, 15) is 4.79 Å². The number of hydrogen-bond acceptors (Lipinski definition) is 2. The van der Waals surface area contributed by atoms with Crippen molar-refractivity contribution in [2.24, 2.45) is 0 Å². The van der Waals surface area contributed by atoms with Gasteiger partial charge in [-0.2, -0.15) is 5.10 Å². The molecule has 0 radical (unpaired) electrons. The van der Waals surface area contributed by atoms with Crippen molar-refractivity contribution >= 4 is 16.8 Å². The summed E-state index contributed by atoms with van der Waals surface area (Å²) in [7, 11) is 1.86. The fraction of sp³-hybridized carbons (Fsp3) is 0.400. The Morgan fingerprint density at radius 2 is 1.88 bits per heavy atom. The molecule has 0 bridgehead atoms. The smallest absolute Gasteiger partial charge is 0.270 e. The maximum Gasteiger partial charge on any atom is 0.270 e. The highest BCUT2D eigenvalue weighted by atomic mass is 16.2. The summed E-state index contributed by atoms with van der Waals surface area (Å²) in [6, 6.07) is 4.28. The van der Waals surface area contributed by atoms with Crippen LogP contribution in [0.4, 0.5) is 0 Å². The van der Waals surface area contributed by atoms with Gasteiger partial charge in [-0.15, -0.1) is 0 Å². The maximum absolute atomic E-state index is 12.9. The van der Waals surface area contributed by atoms with Crippen LogP contribution in [0, 0.1) is 34.6 Å². The molecule has 0 saturated heterocycles. The van der Waals surface area contributed by atoms with Crippen LogP contribution in [0.3, 0.4) is 0 Å². The molecule has 5 heteroatoms. The van der Waals surface area contributed by atoms with E-state index in [1.54, 1.807) is 4.90 Å². The first kappa shape index (κ1) is 17.3. The van der Waals surface area contributed by atoms with Gasteiger partial charge in [-0.25, -0.2) is 0 Å². The zero-order valence-electron chi connectivity index (χ0n) is 15.9. The molecule has 3 rings (SSSR count). The fourth-order valence-corrected chi connectivity index (χ4v) is 3.51. The minimum atomic E-state index is 0.0320. The van der Waals surface area contributed by atoms with Gasteiger partial charge in [0.05, 0.1) is 5.69 Å². The molecule has 0 saturated carbocycles. The number of benzene rings is 1. The molecule has 0 fully saturated rings. The molecule has 0 aliphatic heterocycles. The van der Waals surface area contributed by atoms with E-state index in [2.05, 4.69) is 41.2 Å². The minimum Gasteiger partial charge on any atom is -0.350 e. The number of hydrogen-bond donors (Lipinski definition) is 2. The van der Waals surface area contributed by atoms with Crippen molar-refractivity contribution in [1.82, 2.24) is 20.1 Å². The third-order valence-electron chi connectivity index (χ3n) is 5.05. The van der Waals surface area contributed by atoms with E-state index in [-0.39, 0.29) is 5.91 Å². The van der Waals surface area contributed by atoms with Crippen molar-refractivity contribution in [3.05, 3.63) is 51.5 Å². The summed E-state index contributed by atoms with van der Waals surface area (Å²) < 4.78 is 0. The average Bonchev–Trinajstić information content (AvgIpc) is 3.05. The molecule has 0 spiro atoms. The van der Waals surface area contributed by atoms with E-state index in [0.717, 1.165) is 34.3 Å². The van der Waals surface area contributed by atoms with Crippen LogP contribution in [0.1, 0.15) is 44.1 Å². The molecule has 5 nitrogen and oxygen atoms in total. The number of rotatable bonds is 4. The van der Waals surface area contributed by atoms with Crippen molar-refractivity contribution in [1.29, 1.82) is 0 Å². The van der Waals surface area contributed by atoms with E-state index in [1.807, 2.05) is 27.8 Å². The van der Waals surface area contributed by atoms with Crippen LogP contribution in [0.25, 0.3) is 10.9 Å². The predicted molar refractivity (Wildman–Crippen MR) is 101 cm³/mol. The number of fused-ring (bicyclic) bond motifs is 1. The van der Waals surface area contributed by atoms with Crippen molar-refractivity contribution in [2.75, 3.05) is 13.6 Å². The first-order valence-electron chi connectivity index (χ1n) is 8.65. The van der Waals surface area contributed by atoms with Gasteiger partial charge in [0, 0.05) is 30.2 Å². The number of amides is 1. The van der Waals surface area contributed by atoms with Crippen LogP contribution in [-0.2, 0) is 6.42 Å². The van der Waals surface area contributed by atoms with Crippen LogP contribution in [0.5, 0.6) is 0 Å². The van der Waals surface area contributed by atoms with Gasteiger partial charge in [0.1, 0.15) is 5.69 Å². The number of H-pyrrole nitrogens is 2. The van der Waals surface area contributed by atoms with Crippen molar-refractivity contribution < 1.29 is 4.79 Å². The van der Waals surface area contributed by atoms with Gasteiger partial charge in [-0.3, -0.25) is 9.89 Å². The normalized spacial score (nSPS) is 11.3. The fourth-order valence-electron chi connectivity index (χ4n) is 3.51. The summed E-state index contributed by atoms with van der Waals surface area (Å²) in [6.45, 7) is 10.9. The Morgan fingerprint density at radius 1 is 1.16 bits per heavy atom. The van der Waals surface area contributed by atoms with Gasteiger partial charge >= 0.3 is 0 Å². The predicted octanol–water partition coefficient (Wildman–Crippen LogP) is 3.75. The van der Waals surface area contributed by atoms with Crippen LogP contribution in [0.15, 0.2) is 12.1 Å². The Bertz CT molecular complexity index is 929. The number of carbonyl (C=O) groups excluding carboxylic acids is 1. The van der Waals surface area contributed by atoms with E-state index in [1.165, 1.54) is 16.7 Å². The Morgan fingerprint density at radius 3 is 2.52 bits per heavy atom. The Balaban J connectivity index is 1.84. The quantitative estimate of drug-likeness (QED) is 0.761. The van der Waals surface area contributed by atoms with E-state index in [4.69, 9.17) is 0 Å². The summed E-state index contributed by atoms with van der Waals surface area (Å²) in [4.78, 5) is 18.1. The highest BCUT2D eigenvalue weighted by molar-refractivity contribution is 6.01. The number of nitrogens with one attached hydrogen (secondary N) is 2. The lowest BCUT2D eigenvalue weighted by molar-refractivity contribution is 0.0791. The van der Waals surface area contributed by atoms with Crippen molar-refractivity contribution in [3.8, 4) is 0 Å². The molecule has 0 unspecified atom stereocenters. The number of nitrogens with zero attached hydrogens (tertiary/aromatic N) is 2. The molecular weight excluding hydrogens is 312 g/mol. The van der Waals surface area contributed by atoms with Gasteiger partial charge in [-0.05, 0) is 63.8 Å². The molecule has 0 aliphatic carbocycles.